The van der Waals surface area contributed by atoms with E-state index >= 15 is 0 Å². The minimum absolute atomic E-state index is 0.0169. The van der Waals surface area contributed by atoms with Gasteiger partial charge in [0, 0.05) is 17.5 Å². The molecule has 5 rings (SSSR count). The first-order chi connectivity index (χ1) is 14.4. The maximum atomic E-state index is 14.4. The quantitative estimate of drug-likeness (QED) is 0.582. The van der Waals surface area contributed by atoms with Gasteiger partial charge in [0.2, 0.25) is 5.91 Å². The highest BCUT2D eigenvalue weighted by atomic mass is 19.1. The highest BCUT2D eigenvalue weighted by Crippen LogP contribution is 2.46. The Labute approximate surface area is 171 Å². The van der Waals surface area contributed by atoms with Crippen molar-refractivity contribution in [3.63, 3.8) is 0 Å². The largest absolute Gasteiger partial charge is 0.352 e. The summed E-state index contributed by atoms with van der Waals surface area (Å²) in [6.45, 7) is 0. The number of hydrogen-bond donors (Lipinski definition) is 3. The van der Waals surface area contributed by atoms with Crippen molar-refractivity contribution in [2.75, 3.05) is 7.05 Å². The smallest absolute Gasteiger partial charge is 0.240 e. The number of nitrogens with one attached hydrogen (secondary N) is 3. The molecule has 2 aliphatic rings. The highest BCUT2D eigenvalue weighted by Gasteiger charge is 2.49. The number of amides is 1. The first kappa shape index (κ1) is 19.2. The van der Waals surface area contributed by atoms with E-state index in [1.54, 1.807) is 19.2 Å². The summed E-state index contributed by atoms with van der Waals surface area (Å²) < 4.78 is 41.8. The van der Waals surface area contributed by atoms with E-state index < -0.39 is 17.2 Å². The Morgan fingerprint density at radius 3 is 2.40 bits per heavy atom. The summed E-state index contributed by atoms with van der Waals surface area (Å²) in [5.74, 6) is -1.61. The minimum Gasteiger partial charge on any atom is -0.352 e. The predicted octanol–water partition coefficient (Wildman–Crippen LogP) is 4.37. The molecule has 1 heterocycles. The Balaban J connectivity index is 1.47. The Hall–Kier alpha value is -2.80. The summed E-state index contributed by atoms with van der Waals surface area (Å²) in [4.78, 5) is 15.5. The fourth-order valence-corrected chi connectivity index (χ4v) is 4.52. The van der Waals surface area contributed by atoms with Crippen molar-refractivity contribution in [3.8, 4) is 11.3 Å². The lowest BCUT2D eigenvalue weighted by molar-refractivity contribution is -0.125. The van der Waals surface area contributed by atoms with Crippen molar-refractivity contribution in [1.29, 1.82) is 0 Å². The predicted molar refractivity (Wildman–Crippen MR) is 109 cm³/mol. The first-order valence-electron chi connectivity index (χ1n) is 10.2. The van der Waals surface area contributed by atoms with Crippen LogP contribution in [0.15, 0.2) is 36.4 Å². The number of carbonyl (C=O) groups excluding carboxylic acids is 1. The van der Waals surface area contributed by atoms with Crippen molar-refractivity contribution < 1.29 is 18.0 Å². The maximum absolute atomic E-state index is 14.4. The molecule has 0 atom stereocenters. The normalized spacial score (nSPS) is 22.0. The Morgan fingerprint density at radius 1 is 1.07 bits per heavy atom. The number of carbonyl (C=O) groups is 1. The van der Waals surface area contributed by atoms with Crippen molar-refractivity contribution >= 4 is 16.8 Å². The van der Waals surface area contributed by atoms with Gasteiger partial charge in [0.25, 0.3) is 0 Å². The van der Waals surface area contributed by atoms with E-state index in [1.807, 2.05) is 0 Å². The number of likely N-dealkylation sites (N-methyl/N-ethyl adjacent to an activating group) is 1. The van der Waals surface area contributed by atoms with Crippen LogP contribution in [-0.4, -0.2) is 29.5 Å². The molecule has 1 aromatic heterocycles. The van der Waals surface area contributed by atoms with E-state index in [1.165, 1.54) is 18.2 Å². The maximum Gasteiger partial charge on any atom is 0.240 e. The summed E-state index contributed by atoms with van der Waals surface area (Å²) in [5, 5.41) is 6.67. The fourth-order valence-electron chi connectivity index (χ4n) is 4.52. The van der Waals surface area contributed by atoms with Crippen LogP contribution in [-0.2, 0) is 4.79 Å². The third-order valence-electron chi connectivity index (χ3n) is 6.54. The second-order valence-electron chi connectivity index (χ2n) is 8.40. The second-order valence-corrected chi connectivity index (χ2v) is 8.40. The second kappa shape index (κ2) is 6.87. The van der Waals surface area contributed by atoms with Gasteiger partial charge in [-0.3, -0.25) is 4.79 Å². The Kier molecular flexibility index (Phi) is 4.39. The van der Waals surface area contributed by atoms with E-state index in [2.05, 4.69) is 15.6 Å². The standard InChI is InChI=1S/C23H22F3N3O/c1-27-23(6-7-23)22(30)28-16-8-13(9-16)19-17-10-15(25)11-18(26)21(17)29-20(19)12-2-4-14(24)5-3-12/h2-5,10-11,13,16,27,29H,6-9H2,1H3,(H,28,30). The van der Waals surface area contributed by atoms with Crippen molar-refractivity contribution in [2.45, 2.75) is 43.2 Å². The molecule has 0 bridgehead atoms. The van der Waals surface area contributed by atoms with Crippen LogP contribution in [0, 0.1) is 17.5 Å². The zero-order valence-corrected chi connectivity index (χ0v) is 16.5. The van der Waals surface area contributed by atoms with Gasteiger partial charge in [-0.1, -0.05) is 0 Å². The number of aromatic nitrogens is 1. The molecule has 2 fully saturated rings. The summed E-state index contributed by atoms with van der Waals surface area (Å²) in [6, 6.07) is 8.16. The fraction of sp³-hybridized carbons (Fsp3) is 0.348. The molecular weight excluding hydrogens is 391 g/mol. The molecule has 0 spiro atoms. The summed E-state index contributed by atoms with van der Waals surface area (Å²) in [6.07, 6.45) is 3.04. The molecule has 2 aromatic carbocycles. The van der Waals surface area contributed by atoms with E-state index in [-0.39, 0.29) is 29.2 Å². The first-order valence-corrected chi connectivity index (χ1v) is 10.2. The zero-order valence-electron chi connectivity index (χ0n) is 16.5. The summed E-state index contributed by atoms with van der Waals surface area (Å²) >= 11 is 0. The topological polar surface area (TPSA) is 56.9 Å². The summed E-state index contributed by atoms with van der Waals surface area (Å²) in [7, 11) is 1.79. The third-order valence-corrected chi connectivity index (χ3v) is 6.54. The average Bonchev–Trinajstić information content (AvgIpc) is 3.41. The number of rotatable bonds is 5. The van der Waals surface area contributed by atoms with Gasteiger partial charge in [0.15, 0.2) is 0 Å². The molecule has 3 N–H and O–H groups in total. The van der Waals surface area contributed by atoms with Crippen LogP contribution in [0.25, 0.3) is 22.2 Å². The molecule has 30 heavy (non-hydrogen) atoms. The van der Waals surface area contributed by atoms with Crippen LogP contribution in [0.5, 0.6) is 0 Å². The van der Waals surface area contributed by atoms with Gasteiger partial charge in [-0.05, 0) is 80.1 Å². The molecule has 3 aromatic rings. The molecule has 156 valence electrons. The molecular formula is C23H22F3N3O. The van der Waals surface area contributed by atoms with Gasteiger partial charge >= 0.3 is 0 Å². The van der Waals surface area contributed by atoms with E-state index in [0.717, 1.165) is 24.5 Å². The number of benzene rings is 2. The van der Waals surface area contributed by atoms with Gasteiger partial charge in [0.05, 0.1) is 16.7 Å². The lowest BCUT2D eigenvalue weighted by Gasteiger charge is -2.37. The lowest BCUT2D eigenvalue weighted by atomic mass is 9.74. The van der Waals surface area contributed by atoms with Gasteiger partial charge in [-0.15, -0.1) is 0 Å². The SMILES string of the molecule is CNC1(C(=O)NC2CC(c3c(-c4ccc(F)cc4)[nH]c4c(F)cc(F)cc34)C2)CC1. The molecule has 7 heteroatoms. The monoisotopic (exact) mass is 413 g/mol. The van der Waals surface area contributed by atoms with Gasteiger partial charge in [-0.25, -0.2) is 13.2 Å². The van der Waals surface area contributed by atoms with Gasteiger partial charge in [0.1, 0.15) is 17.5 Å². The molecule has 1 amide bonds. The van der Waals surface area contributed by atoms with E-state index in [4.69, 9.17) is 0 Å². The molecule has 4 nitrogen and oxygen atoms in total. The molecule has 0 unspecified atom stereocenters. The van der Waals surface area contributed by atoms with Crippen LogP contribution < -0.4 is 10.6 Å². The third kappa shape index (κ3) is 3.08. The Morgan fingerprint density at radius 2 is 1.77 bits per heavy atom. The van der Waals surface area contributed by atoms with E-state index in [9.17, 15) is 18.0 Å². The molecule has 0 aliphatic heterocycles. The lowest BCUT2D eigenvalue weighted by Crippen LogP contribution is -2.52. The van der Waals surface area contributed by atoms with Crippen LogP contribution in [0.3, 0.4) is 0 Å². The number of H-pyrrole nitrogens is 1. The molecule has 0 saturated heterocycles. The Bertz CT molecular complexity index is 1130. The van der Waals surface area contributed by atoms with Crippen molar-refractivity contribution in [2.24, 2.45) is 0 Å². The van der Waals surface area contributed by atoms with Crippen molar-refractivity contribution in [1.82, 2.24) is 15.6 Å². The molecule has 2 aliphatic carbocycles. The molecule has 0 radical (unpaired) electrons. The van der Waals surface area contributed by atoms with Crippen LogP contribution in [0.1, 0.15) is 37.2 Å². The zero-order chi connectivity index (χ0) is 21.0. The number of hydrogen-bond acceptors (Lipinski definition) is 2. The highest BCUT2D eigenvalue weighted by molar-refractivity contribution is 5.92. The number of halogens is 3. The van der Waals surface area contributed by atoms with E-state index in [0.29, 0.717) is 29.5 Å². The average molecular weight is 413 g/mol. The van der Waals surface area contributed by atoms with Gasteiger partial charge < -0.3 is 15.6 Å². The van der Waals surface area contributed by atoms with Crippen molar-refractivity contribution in [3.05, 3.63) is 59.4 Å². The summed E-state index contributed by atoms with van der Waals surface area (Å²) in [5.41, 5.74) is 2.00. The van der Waals surface area contributed by atoms with Gasteiger partial charge in [-0.2, -0.15) is 0 Å². The van der Waals surface area contributed by atoms with Crippen LogP contribution in [0.4, 0.5) is 13.2 Å². The molecule has 2 saturated carbocycles. The van der Waals surface area contributed by atoms with Crippen LogP contribution in [0.2, 0.25) is 0 Å². The number of aromatic amines is 1. The van der Waals surface area contributed by atoms with Crippen LogP contribution >= 0.6 is 0 Å². The minimum atomic E-state index is -0.659. The number of fused-ring (bicyclic) bond motifs is 1.